The lowest BCUT2D eigenvalue weighted by Gasteiger charge is -2.30. The van der Waals surface area contributed by atoms with Gasteiger partial charge in [0.1, 0.15) is 0 Å². The summed E-state index contributed by atoms with van der Waals surface area (Å²) in [5.74, 6) is 0.435. The fourth-order valence-electron chi connectivity index (χ4n) is 2.06. The van der Waals surface area contributed by atoms with Crippen molar-refractivity contribution in [3.05, 3.63) is 17.3 Å². The van der Waals surface area contributed by atoms with Crippen LogP contribution in [0.2, 0.25) is 5.28 Å². The topological polar surface area (TPSA) is 38.2 Å². The summed E-state index contributed by atoms with van der Waals surface area (Å²) in [5, 5.41) is 0.0665. The molecule has 0 aliphatic heterocycles. The van der Waals surface area contributed by atoms with E-state index in [-0.39, 0.29) is 17.1 Å². The second kappa shape index (κ2) is 5.80. The van der Waals surface area contributed by atoms with E-state index in [1.54, 1.807) is 7.11 Å². The van der Waals surface area contributed by atoms with Gasteiger partial charge < -0.3 is 9.64 Å². The zero-order chi connectivity index (χ0) is 13.1. The molecule has 0 radical (unpaired) electrons. The lowest BCUT2D eigenvalue weighted by molar-refractivity contribution is 0.202. The number of methoxy groups -OCH3 is 1. The molecule has 0 N–H and O–H groups in total. The average molecular weight is 274 g/mol. The summed E-state index contributed by atoms with van der Waals surface area (Å²) in [6.45, 7) is 3.21. The van der Waals surface area contributed by atoms with Crippen LogP contribution in [0.4, 0.5) is 10.2 Å². The highest BCUT2D eigenvalue weighted by molar-refractivity contribution is 6.28. The van der Waals surface area contributed by atoms with Crippen molar-refractivity contribution in [1.82, 2.24) is 9.97 Å². The van der Waals surface area contributed by atoms with Crippen LogP contribution in [-0.2, 0) is 4.74 Å². The van der Waals surface area contributed by atoms with Crippen molar-refractivity contribution in [2.24, 2.45) is 5.92 Å². The molecule has 1 aromatic heterocycles. The first-order valence-corrected chi connectivity index (χ1v) is 6.45. The van der Waals surface area contributed by atoms with E-state index < -0.39 is 5.82 Å². The van der Waals surface area contributed by atoms with E-state index >= 15 is 0 Å². The van der Waals surface area contributed by atoms with Crippen LogP contribution in [0.3, 0.4) is 0 Å². The van der Waals surface area contributed by atoms with Gasteiger partial charge in [0.2, 0.25) is 5.28 Å². The number of aromatic nitrogens is 2. The van der Waals surface area contributed by atoms with Gasteiger partial charge in [0.05, 0.1) is 12.8 Å². The molecule has 1 aliphatic rings. The lowest BCUT2D eigenvalue weighted by Crippen LogP contribution is -2.38. The third-order valence-corrected chi connectivity index (χ3v) is 3.48. The molecule has 1 atom stereocenters. The van der Waals surface area contributed by atoms with E-state index in [4.69, 9.17) is 16.3 Å². The number of ether oxygens (including phenoxy) is 1. The molecule has 100 valence electrons. The number of hydrogen-bond donors (Lipinski definition) is 0. The zero-order valence-electron chi connectivity index (χ0n) is 10.6. The van der Waals surface area contributed by atoms with E-state index in [1.165, 1.54) is 12.8 Å². The molecule has 1 fully saturated rings. The SMILES string of the molecule is COCCN(c1nc(Cl)ncc1F)C(C)C1CC1. The van der Waals surface area contributed by atoms with Crippen LogP contribution in [0, 0.1) is 11.7 Å². The number of nitrogens with zero attached hydrogens (tertiary/aromatic N) is 3. The first kappa shape index (κ1) is 13.5. The van der Waals surface area contributed by atoms with E-state index in [9.17, 15) is 4.39 Å². The number of hydrogen-bond acceptors (Lipinski definition) is 4. The zero-order valence-corrected chi connectivity index (χ0v) is 11.3. The summed E-state index contributed by atoms with van der Waals surface area (Å²) in [6, 6.07) is 0.237. The van der Waals surface area contributed by atoms with Gasteiger partial charge in [-0.05, 0) is 37.3 Å². The highest BCUT2D eigenvalue weighted by atomic mass is 35.5. The molecular weight excluding hydrogens is 257 g/mol. The third-order valence-electron chi connectivity index (χ3n) is 3.30. The van der Waals surface area contributed by atoms with Gasteiger partial charge in [-0.2, -0.15) is 4.98 Å². The first-order valence-electron chi connectivity index (χ1n) is 6.07. The van der Waals surface area contributed by atoms with Crippen LogP contribution in [0.5, 0.6) is 0 Å². The summed E-state index contributed by atoms with van der Waals surface area (Å²) in [4.78, 5) is 9.57. The quantitative estimate of drug-likeness (QED) is 0.747. The molecule has 18 heavy (non-hydrogen) atoms. The molecule has 0 spiro atoms. The molecule has 2 rings (SSSR count). The Hall–Kier alpha value is -0.940. The van der Waals surface area contributed by atoms with Gasteiger partial charge in [-0.25, -0.2) is 9.37 Å². The Labute approximate surface area is 111 Å². The molecule has 6 heteroatoms. The average Bonchev–Trinajstić information content (AvgIpc) is 3.17. The number of anilines is 1. The smallest absolute Gasteiger partial charge is 0.224 e. The molecule has 1 aliphatic carbocycles. The Morgan fingerprint density at radius 1 is 1.61 bits per heavy atom. The second-order valence-electron chi connectivity index (χ2n) is 4.57. The molecule has 0 bridgehead atoms. The van der Waals surface area contributed by atoms with Crippen molar-refractivity contribution < 1.29 is 9.13 Å². The highest BCUT2D eigenvalue weighted by Crippen LogP contribution is 2.36. The minimum absolute atomic E-state index is 0.0665. The molecule has 1 saturated carbocycles. The van der Waals surface area contributed by atoms with Gasteiger partial charge in [0.25, 0.3) is 0 Å². The maximum Gasteiger partial charge on any atom is 0.224 e. The van der Waals surface area contributed by atoms with Gasteiger partial charge in [-0.1, -0.05) is 0 Å². The maximum absolute atomic E-state index is 13.8. The van der Waals surface area contributed by atoms with Gasteiger partial charge >= 0.3 is 0 Å². The van der Waals surface area contributed by atoms with Crippen LogP contribution >= 0.6 is 11.6 Å². The summed E-state index contributed by atoms with van der Waals surface area (Å²) in [7, 11) is 1.63. The van der Waals surface area contributed by atoms with Crippen LogP contribution in [0.15, 0.2) is 6.20 Å². The van der Waals surface area contributed by atoms with E-state index in [0.29, 0.717) is 19.1 Å². The van der Waals surface area contributed by atoms with Crippen LogP contribution in [0.25, 0.3) is 0 Å². The summed E-state index contributed by atoms with van der Waals surface area (Å²) < 4.78 is 18.9. The standard InChI is InChI=1S/C12H17ClFN3O/c1-8(9-3-4-9)17(5-6-18-2)11-10(14)7-15-12(13)16-11/h7-9H,3-6H2,1-2H3. The van der Waals surface area contributed by atoms with Crippen molar-refractivity contribution in [3.8, 4) is 0 Å². The van der Waals surface area contributed by atoms with Gasteiger partial charge in [-0.15, -0.1) is 0 Å². The Morgan fingerprint density at radius 2 is 2.33 bits per heavy atom. The predicted molar refractivity (Wildman–Crippen MR) is 68.4 cm³/mol. The van der Waals surface area contributed by atoms with Crippen molar-refractivity contribution in [2.45, 2.75) is 25.8 Å². The van der Waals surface area contributed by atoms with E-state index in [2.05, 4.69) is 16.9 Å². The third kappa shape index (κ3) is 3.09. The fourth-order valence-corrected chi connectivity index (χ4v) is 2.19. The molecule has 1 unspecified atom stereocenters. The van der Waals surface area contributed by atoms with Crippen molar-refractivity contribution >= 4 is 17.4 Å². The normalized spacial score (nSPS) is 16.7. The van der Waals surface area contributed by atoms with Crippen LogP contribution < -0.4 is 4.90 Å². The Balaban J connectivity index is 2.22. The van der Waals surface area contributed by atoms with Crippen molar-refractivity contribution in [2.75, 3.05) is 25.2 Å². The largest absolute Gasteiger partial charge is 0.383 e. The highest BCUT2D eigenvalue weighted by Gasteiger charge is 2.33. The minimum Gasteiger partial charge on any atom is -0.383 e. The molecule has 0 saturated heterocycles. The van der Waals surface area contributed by atoms with Crippen molar-refractivity contribution in [1.29, 1.82) is 0 Å². The Morgan fingerprint density at radius 3 is 2.94 bits per heavy atom. The monoisotopic (exact) mass is 273 g/mol. The molecule has 0 aromatic carbocycles. The number of halogens is 2. The van der Waals surface area contributed by atoms with Crippen molar-refractivity contribution in [3.63, 3.8) is 0 Å². The van der Waals surface area contributed by atoms with E-state index in [1.807, 2.05) is 4.90 Å². The van der Waals surface area contributed by atoms with Gasteiger partial charge in [-0.3, -0.25) is 0 Å². The van der Waals surface area contributed by atoms with E-state index in [0.717, 1.165) is 6.20 Å². The lowest BCUT2D eigenvalue weighted by atomic mass is 10.2. The molecule has 1 heterocycles. The van der Waals surface area contributed by atoms with Crippen LogP contribution in [-0.4, -0.2) is 36.3 Å². The molecule has 0 amide bonds. The molecule has 1 aromatic rings. The van der Waals surface area contributed by atoms with Gasteiger partial charge in [0, 0.05) is 19.7 Å². The Kier molecular flexibility index (Phi) is 4.35. The Bertz CT molecular complexity index is 414. The molecule has 4 nitrogen and oxygen atoms in total. The summed E-state index contributed by atoms with van der Waals surface area (Å²) in [6.07, 6.45) is 3.49. The predicted octanol–water partition coefficient (Wildman–Crippen LogP) is 2.52. The summed E-state index contributed by atoms with van der Waals surface area (Å²) >= 11 is 5.75. The fraction of sp³-hybridized carbons (Fsp3) is 0.667. The van der Waals surface area contributed by atoms with Crippen LogP contribution in [0.1, 0.15) is 19.8 Å². The second-order valence-corrected chi connectivity index (χ2v) is 4.91. The molecular formula is C12H17ClFN3O. The van der Waals surface area contributed by atoms with Gasteiger partial charge in [0.15, 0.2) is 11.6 Å². The maximum atomic E-state index is 13.8. The number of rotatable bonds is 6. The minimum atomic E-state index is -0.442. The first-order chi connectivity index (χ1) is 8.63. The summed E-state index contributed by atoms with van der Waals surface area (Å²) in [5.41, 5.74) is 0.